The summed E-state index contributed by atoms with van der Waals surface area (Å²) in [5, 5.41) is 16.5. The molecule has 0 radical (unpaired) electrons. The first-order valence-corrected chi connectivity index (χ1v) is 9.98. The van der Waals surface area contributed by atoms with Crippen molar-refractivity contribution in [3.05, 3.63) is 83.7 Å². The van der Waals surface area contributed by atoms with Gasteiger partial charge in [0.05, 0.1) is 0 Å². The van der Waals surface area contributed by atoms with Crippen molar-refractivity contribution in [2.45, 2.75) is 25.9 Å². The number of fused-ring (bicyclic) bond motifs is 1. The van der Waals surface area contributed by atoms with E-state index in [9.17, 15) is 19.2 Å². The quantitative estimate of drug-likeness (QED) is 0.453. The number of halogens is 1. The minimum absolute atomic E-state index is 0.0227. The maximum Gasteiger partial charge on any atom is 0.315 e. The van der Waals surface area contributed by atoms with E-state index in [-0.39, 0.29) is 19.5 Å². The predicted octanol–water partition coefficient (Wildman–Crippen LogP) is 3.72. The molecule has 0 aliphatic carbocycles. The van der Waals surface area contributed by atoms with Crippen molar-refractivity contribution in [2.75, 3.05) is 6.54 Å². The molecule has 2 N–H and O–H groups in total. The second-order valence-corrected chi connectivity index (χ2v) is 7.04. The van der Waals surface area contributed by atoms with Crippen LogP contribution in [0.25, 0.3) is 10.8 Å². The van der Waals surface area contributed by atoms with Gasteiger partial charge in [-0.05, 0) is 29.3 Å². The van der Waals surface area contributed by atoms with Gasteiger partial charge in [-0.2, -0.15) is 5.26 Å². The number of nitrogens with one attached hydrogen (secondary N) is 2. The van der Waals surface area contributed by atoms with E-state index < -0.39 is 23.8 Å². The second-order valence-electron chi connectivity index (χ2n) is 7.04. The summed E-state index contributed by atoms with van der Waals surface area (Å²) < 4.78 is 13.8. The van der Waals surface area contributed by atoms with Gasteiger partial charge in [-0.3, -0.25) is 4.79 Å². The molecular formula is C24H23FN4O2. The van der Waals surface area contributed by atoms with Gasteiger partial charge in [0.2, 0.25) is 0 Å². The van der Waals surface area contributed by atoms with Gasteiger partial charge in [-0.15, -0.1) is 0 Å². The lowest BCUT2D eigenvalue weighted by molar-refractivity contribution is -0.129. The largest absolute Gasteiger partial charge is 0.334 e. The molecule has 0 aliphatic rings. The van der Waals surface area contributed by atoms with Crippen LogP contribution in [0, 0.1) is 17.3 Å². The van der Waals surface area contributed by atoms with E-state index in [1.54, 1.807) is 25.1 Å². The number of likely N-dealkylation sites (N-methyl/N-ethyl adjacent to an activating group) is 1. The van der Waals surface area contributed by atoms with Crippen molar-refractivity contribution in [1.82, 2.24) is 15.5 Å². The van der Waals surface area contributed by atoms with Gasteiger partial charge in [-0.1, -0.05) is 60.7 Å². The van der Waals surface area contributed by atoms with Crippen LogP contribution in [0.2, 0.25) is 0 Å². The highest BCUT2D eigenvalue weighted by Crippen LogP contribution is 2.17. The zero-order chi connectivity index (χ0) is 22.2. The summed E-state index contributed by atoms with van der Waals surface area (Å²) in [6.07, 6.45) is 2.07. The highest BCUT2D eigenvalue weighted by atomic mass is 19.1. The van der Waals surface area contributed by atoms with Gasteiger partial charge in [0.25, 0.3) is 5.91 Å². The Labute approximate surface area is 180 Å². The Morgan fingerprint density at radius 1 is 1.06 bits per heavy atom. The molecule has 0 spiro atoms. The summed E-state index contributed by atoms with van der Waals surface area (Å²) in [5.74, 6) is -0.924. The molecule has 0 aliphatic heterocycles. The Morgan fingerprint density at radius 3 is 2.48 bits per heavy atom. The molecule has 3 aromatic carbocycles. The molecule has 3 aromatic rings. The van der Waals surface area contributed by atoms with E-state index in [1.165, 1.54) is 6.07 Å². The number of urea groups is 1. The average Bonchev–Trinajstić information content (AvgIpc) is 2.78. The van der Waals surface area contributed by atoms with Gasteiger partial charge in [0.15, 0.2) is 6.19 Å². The number of nitrogens with zero attached hydrogens (tertiary/aromatic N) is 2. The van der Waals surface area contributed by atoms with Crippen molar-refractivity contribution in [3.8, 4) is 6.19 Å². The summed E-state index contributed by atoms with van der Waals surface area (Å²) >= 11 is 0. The SMILES string of the molecule is CCN(C#N)C(=O)C(Cc1ccc2ccccc2c1)NC(=O)NCc1ccccc1F. The van der Waals surface area contributed by atoms with E-state index >= 15 is 0 Å². The fourth-order valence-corrected chi connectivity index (χ4v) is 3.29. The third-order valence-corrected chi connectivity index (χ3v) is 4.96. The lowest BCUT2D eigenvalue weighted by Gasteiger charge is -2.22. The first-order chi connectivity index (χ1) is 15.0. The molecule has 1 unspecified atom stereocenters. The Kier molecular flexibility index (Phi) is 7.17. The lowest BCUT2D eigenvalue weighted by Crippen LogP contribution is -2.51. The number of amides is 3. The van der Waals surface area contributed by atoms with Crippen LogP contribution in [0.3, 0.4) is 0 Å². The molecule has 3 rings (SSSR count). The molecule has 158 valence electrons. The van der Waals surface area contributed by atoms with Crippen LogP contribution in [0.1, 0.15) is 18.1 Å². The summed E-state index contributed by atoms with van der Waals surface area (Å²) in [5.41, 5.74) is 1.18. The topological polar surface area (TPSA) is 85.2 Å². The third kappa shape index (κ3) is 5.58. The zero-order valence-electron chi connectivity index (χ0n) is 17.1. The smallest absolute Gasteiger partial charge is 0.315 e. The fourth-order valence-electron chi connectivity index (χ4n) is 3.29. The Balaban J connectivity index is 1.75. The Bertz CT molecular complexity index is 1130. The Hall–Kier alpha value is -3.92. The van der Waals surface area contributed by atoms with Crippen molar-refractivity contribution >= 4 is 22.7 Å². The second kappa shape index (κ2) is 10.2. The molecule has 0 bridgehead atoms. The van der Waals surface area contributed by atoms with E-state index in [2.05, 4.69) is 10.6 Å². The average molecular weight is 418 g/mol. The van der Waals surface area contributed by atoms with E-state index in [4.69, 9.17) is 0 Å². The summed E-state index contributed by atoms with van der Waals surface area (Å²) in [6, 6.07) is 18.2. The van der Waals surface area contributed by atoms with Crippen molar-refractivity contribution in [3.63, 3.8) is 0 Å². The summed E-state index contributed by atoms with van der Waals surface area (Å²) in [6.45, 7) is 1.86. The van der Waals surface area contributed by atoms with Gasteiger partial charge < -0.3 is 10.6 Å². The highest BCUT2D eigenvalue weighted by molar-refractivity contribution is 5.88. The minimum atomic E-state index is -0.943. The lowest BCUT2D eigenvalue weighted by atomic mass is 10.0. The van der Waals surface area contributed by atoms with Crippen LogP contribution < -0.4 is 10.6 Å². The van der Waals surface area contributed by atoms with Crippen LogP contribution >= 0.6 is 0 Å². The molecule has 0 saturated carbocycles. The molecule has 7 heteroatoms. The monoisotopic (exact) mass is 418 g/mol. The maximum absolute atomic E-state index is 13.8. The van der Waals surface area contributed by atoms with E-state index in [0.717, 1.165) is 21.2 Å². The molecule has 0 saturated heterocycles. The van der Waals surface area contributed by atoms with Gasteiger partial charge in [0, 0.05) is 25.1 Å². The van der Waals surface area contributed by atoms with Crippen LogP contribution in [0.15, 0.2) is 66.7 Å². The third-order valence-electron chi connectivity index (χ3n) is 4.96. The standard InChI is InChI=1S/C24H23FN4O2/c1-2-29(16-26)23(30)22(14-17-11-12-18-7-3-4-8-19(18)13-17)28-24(31)27-15-20-9-5-6-10-21(20)25/h3-13,22H,2,14-15H2,1H3,(H2,27,28,31). The van der Waals surface area contributed by atoms with E-state index in [1.807, 2.05) is 48.7 Å². The van der Waals surface area contributed by atoms with Crippen LogP contribution in [0.5, 0.6) is 0 Å². The number of carbonyl (C=O) groups is 2. The van der Waals surface area contributed by atoms with Crippen molar-refractivity contribution in [2.24, 2.45) is 0 Å². The molecule has 0 heterocycles. The Morgan fingerprint density at radius 2 is 1.77 bits per heavy atom. The van der Waals surface area contributed by atoms with Gasteiger partial charge >= 0.3 is 6.03 Å². The number of carbonyl (C=O) groups excluding carboxylic acids is 2. The highest BCUT2D eigenvalue weighted by Gasteiger charge is 2.26. The summed E-state index contributed by atoms with van der Waals surface area (Å²) in [4.78, 5) is 26.3. The first-order valence-electron chi connectivity index (χ1n) is 9.98. The molecule has 1 atom stereocenters. The molecule has 0 aromatic heterocycles. The number of rotatable bonds is 7. The molecule has 6 nitrogen and oxygen atoms in total. The molecule has 0 fully saturated rings. The van der Waals surface area contributed by atoms with Crippen molar-refractivity contribution in [1.29, 1.82) is 5.26 Å². The normalized spacial score (nSPS) is 11.4. The van der Waals surface area contributed by atoms with Crippen molar-refractivity contribution < 1.29 is 14.0 Å². The van der Waals surface area contributed by atoms with Gasteiger partial charge in [0.1, 0.15) is 11.9 Å². The minimum Gasteiger partial charge on any atom is -0.334 e. The van der Waals surface area contributed by atoms with E-state index in [0.29, 0.717) is 5.56 Å². The first kappa shape index (κ1) is 21.8. The number of hydrogen-bond donors (Lipinski definition) is 2. The summed E-state index contributed by atoms with van der Waals surface area (Å²) in [7, 11) is 0. The number of hydrogen-bond acceptors (Lipinski definition) is 3. The fraction of sp³-hybridized carbons (Fsp3) is 0.208. The maximum atomic E-state index is 13.8. The van der Waals surface area contributed by atoms with Gasteiger partial charge in [-0.25, -0.2) is 14.1 Å². The van der Waals surface area contributed by atoms with Crippen LogP contribution in [0.4, 0.5) is 9.18 Å². The predicted molar refractivity (Wildman–Crippen MR) is 116 cm³/mol. The molecule has 31 heavy (non-hydrogen) atoms. The number of benzene rings is 3. The molecule has 3 amide bonds. The molecular weight excluding hydrogens is 395 g/mol. The van der Waals surface area contributed by atoms with Crippen LogP contribution in [-0.2, 0) is 17.8 Å². The zero-order valence-corrected chi connectivity index (χ0v) is 17.1. The number of nitriles is 1. The van der Waals surface area contributed by atoms with Crippen LogP contribution in [-0.4, -0.2) is 29.4 Å².